The van der Waals surface area contributed by atoms with Crippen molar-refractivity contribution in [3.8, 4) is 23.0 Å². The van der Waals surface area contributed by atoms with Gasteiger partial charge in [-0.15, -0.1) is 0 Å². The van der Waals surface area contributed by atoms with Gasteiger partial charge in [-0.05, 0) is 78.9 Å². The number of amides is 2. The second-order valence-electron chi connectivity index (χ2n) is 11.9. The Morgan fingerprint density at radius 1 is 0.633 bits per heavy atom. The quantitative estimate of drug-likeness (QED) is 0.216. The van der Waals surface area contributed by atoms with Crippen LogP contribution in [0.2, 0.25) is 0 Å². The Morgan fingerprint density at radius 3 is 1.53 bits per heavy atom. The fourth-order valence-corrected chi connectivity index (χ4v) is 5.25. The summed E-state index contributed by atoms with van der Waals surface area (Å²) < 4.78 is 17.0. The molecule has 2 heterocycles. The lowest BCUT2D eigenvalue weighted by molar-refractivity contribution is -0.133. The summed E-state index contributed by atoms with van der Waals surface area (Å²) in [5.74, 6) is 2.56. The third kappa shape index (κ3) is 12.8. The molecule has 2 atom stereocenters. The Bertz CT molecular complexity index is 1530. The number of β-amino-alcohol motifs (C(OH)–C–C–N with tert-alkyl or cyclic N) is 1. The molecule has 0 unspecified atom stereocenters. The van der Waals surface area contributed by atoms with Gasteiger partial charge in [-0.1, -0.05) is 74.5 Å². The standard InChI is InChI=1S/C20H23NO3.C14H19NO3.C6H6O/c1-2-16-8-10-17(11-9-16)23-15-20(22)21-13-12-19(14-21)24-18-6-4-3-5-7-18;1-2-11-3-5-13(6-4-11)18-10-14(17)15-8-7-12(16)9-15;7-6-4-2-1-3-5-6/h3-11,19H,2,12-15H2,1H3;3-6,12,16H,2,7-10H2,1H3;1-5,7H/t19-;12-;/m01./s1. The molecule has 260 valence electrons. The summed E-state index contributed by atoms with van der Waals surface area (Å²) in [5, 5.41) is 18.0. The molecule has 49 heavy (non-hydrogen) atoms. The number of phenols is 1. The van der Waals surface area contributed by atoms with E-state index in [1.807, 2.05) is 89.8 Å². The van der Waals surface area contributed by atoms with Crippen molar-refractivity contribution < 1.29 is 34.0 Å². The number of phenolic OH excluding ortho intramolecular Hbond substituents is 1. The number of aliphatic hydroxyl groups excluding tert-OH is 1. The molecule has 0 aromatic heterocycles. The minimum absolute atomic E-state index is 0.00808. The lowest BCUT2D eigenvalue weighted by Crippen LogP contribution is -2.34. The maximum Gasteiger partial charge on any atom is 0.260 e. The smallest absolute Gasteiger partial charge is 0.260 e. The molecule has 4 aromatic rings. The fraction of sp³-hybridized carbons (Fsp3) is 0.350. The van der Waals surface area contributed by atoms with Crippen LogP contribution in [0.3, 0.4) is 0 Å². The zero-order valence-corrected chi connectivity index (χ0v) is 28.4. The molecule has 2 fully saturated rings. The van der Waals surface area contributed by atoms with Crippen LogP contribution in [0.4, 0.5) is 0 Å². The summed E-state index contributed by atoms with van der Waals surface area (Å²) in [7, 11) is 0. The normalized spacial score (nSPS) is 16.5. The largest absolute Gasteiger partial charge is 0.508 e. The molecule has 4 aromatic carbocycles. The molecule has 2 N–H and O–H groups in total. The van der Waals surface area contributed by atoms with Crippen molar-refractivity contribution in [1.29, 1.82) is 0 Å². The number of aromatic hydroxyl groups is 1. The summed E-state index contributed by atoms with van der Waals surface area (Å²) >= 11 is 0. The first-order valence-corrected chi connectivity index (χ1v) is 17.0. The van der Waals surface area contributed by atoms with Gasteiger partial charge in [-0.25, -0.2) is 0 Å². The highest BCUT2D eigenvalue weighted by atomic mass is 16.5. The monoisotopic (exact) mass is 668 g/mol. The van der Waals surface area contributed by atoms with E-state index in [0.29, 0.717) is 44.1 Å². The molecule has 0 bridgehead atoms. The van der Waals surface area contributed by atoms with Gasteiger partial charge in [0.2, 0.25) is 0 Å². The summed E-state index contributed by atoms with van der Waals surface area (Å²) in [6.07, 6.45) is 3.18. The number of benzene rings is 4. The maximum absolute atomic E-state index is 12.3. The highest BCUT2D eigenvalue weighted by Crippen LogP contribution is 2.19. The Morgan fingerprint density at radius 2 is 1.10 bits per heavy atom. The number of carbonyl (C=O) groups is 2. The van der Waals surface area contributed by atoms with Gasteiger partial charge >= 0.3 is 0 Å². The Kier molecular flexibility index (Phi) is 14.8. The van der Waals surface area contributed by atoms with Crippen LogP contribution < -0.4 is 14.2 Å². The molecule has 0 saturated carbocycles. The third-order valence-corrected chi connectivity index (χ3v) is 8.20. The van der Waals surface area contributed by atoms with Crippen LogP contribution >= 0.6 is 0 Å². The molecule has 2 amide bonds. The van der Waals surface area contributed by atoms with Gasteiger partial charge in [0.25, 0.3) is 11.8 Å². The lowest BCUT2D eigenvalue weighted by atomic mass is 10.2. The van der Waals surface area contributed by atoms with E-state index in [0.717, 1.165) is 30.8 Å². The van der Waals surface area contributed by atoms with E-state index in [1.54, 1.807) is 29.2 Å². The van der Waals surface area contributed by atoms with Crippen LogP contribution in [-0.4, -0.2) is 83.4 Å². The van der Waals surface area contributed by atoms with Crippen molar-refractivity contribution in [2.45, 2.75) is 51.7 Å². The number of ether oxygens (including phenoxy) is 3. The zero-order chi connectivity index (χ0) is 34.8. The van der Waals surface area contributed by atoms with Crippen molar-refractivity contribution in [2.24, 2.45) is 0 Å². The first-order valence-electron chi connectivity index (χ1n) is 17.0. The Balaban J connectivity index is 0.000000189. The minimum atomic E-state index is -0.377. The number of para-hydroxylation sites is 2. The number of hydrogen-bond acceptors (Lipinski definition) is 7. The van der Waals surface area contributed by atoms with E-state index >= 15 is 0 Å². The van der Waals surface area contributed by atoms with Crippen molar-refractivity contribution >= 4 is 11.8 Å². The lowest BCUT2D eigenvalue weighted by Gasteiger charge is -2.17. The van der Waals surface area contributed by atoms with Gasteiger partial charge in [-0.3, -0.25) is 9.59 Å². The molecule has 0 aliphatic carbocycles. The molecule has 9 heteroatoms. The molecular weight excluding hydrogens is 620 g/mol. The first kappa shape index (κ1) is 36.8. The van der Waals surface area contributed by atoms with Gasteiger partial charge in [0.15, 0.2) is 13.2 Å². The molecule has 2 saturated heterocycles. The van der Waals surface area contributed by atoms with E-state index < -0.39 is 0 Å². The number of hydrogen-bond donors (Lipinski definition) is 2. The van der Waals surface area contributed by atoms with Crippen molar-refractivity contribution in [2.75, 3.05) is 39.4 Å². The fourth-order valence-electron chi connectivity index (χ4n) is 5.25. The van der Waals surface area contributed by atoms with Crippen LogP contribution in [0.15, 0.2) is 109 Å². The Hall–Kier alpha value is -5.02. The number of rotatable bonds is 10. The van der Waals surface area contributed by atoms with Gasteiger partial charge in [-0.2, -0.15) is 0 Å². The predicted octanol–water partition coefficient (Wildman–Crippen LogP) is 5.92. The second-order valence-corrected chi connectivity index (χ2v) is 11.9. The number of nitrogens with zero attached hydrogens (tertiary/aromatic N) is 2. The summed E-state index contributed by atoms with van der Waals surface area (Å²) in [6.45, 7) is 6.70. The topological polar surface area (TPSA) is 109 Å². The first-order chi connectivity index (χ1) is 23.8. The van der Waals surface area contributed by atoms with Gasteiger partial charge < -0.3 is 34.2 Å². The van der Waals surface area contributed by atoms with Gasteiger partial charge in [0.1, 0.15) is 29.1 Å². The molecule has 6 rings (SSSR count). The highest BCUT2D eigenvalue weighted by molar-refractivity contribution is 5.78. The van der Waals surface area contributed by atoms with Crippen LogP contribution in [-0.2, 0) is 22.4 Å². The summed E-state index contributed by atoms with van der Waals surface area (Å²) in [6, 6.07) is 34.1. The summed E-state index contributed by atoms with van der Waals surface area (Å²) in [4.78, 5) is 27.5. The molecular formula is C40H48N2O7. The SMILES string of the molecule is CCc1ccc(OCC(=O)N2CC[C@@H](O)C2)cc1.CCc1ccc(OCC(=O)N2CC[C@H](Oc3ccccc3)C2)cc1.Oc1ccccc1. The van der Waals surface area contributed by atoms with E-state index in [2.05, 4.69) is 13.8 Å². The average molecular weight is 669 g/mol. The number of aliphatic hydroxyl groups is 1. The Labute approximate surface area is 289 Å². The molecule has 9 nitrogen and oxygen atoms in total. The van der Waals surface area contributed by atoms with Crippen molar-refractivity contribution in [3.63, 3.8) is 0 Å². The number of likely N-dealkylation sites (tertiary alicyclic amines) is 2. The predicted molar refractivity (Wildman–Crippen MR) is 190 cm³/mol. The van der Waals surface area contributed by atoms with E-state index in [9.17, 15) is 14.7 Å². The maximum atomic E-state index is 12.3. The van der Waals surface area contributed by atoms with E-state index in [-0.39, 0.29) is 37.2 Å². The molecule has 2 aliphatic rings. The van der Waals surface area contributed by atoms with Crippen LogP contribution in [0.5, 0.6) is 23.0 Å². The highest BCUT2D eigenvalue weighted by Gasteiger charge is 2.28. The van der Waals surface area contributed by atoms with Crippen LogP contribution in [0, 0.1) is 0 Å². The van der Waals surface area contributed by atoms with E-state index in [4.69, 9.17) is 19.3 Å². The zero-order valence-electron chi connectivity index (χ0n) is 28.4. The van der Waals surface area contributed by atoms with Crippen LogP contribution in [0.25, 0.3) is 0 Å². The molecule has 0 spiro atoms. The third-order valence-electron chi connectivity index (χ3n) is 8.20. The average Bonchev–Trinajstić information content (AvgIpc) is 3.80. The molecule has 2 aliphatic heterocycles. The van der Waals surface area contributed by atoms with E-state index in [1.165, 1.54) is 11.1 Å². The number of aryl methyl sites for hydroxylation is 2. The van der Waals surface area contributed by atoms with Crippen molar-refractivity contribution in [3.05, 3.63) is 120 Å². The summed E-state index contributed by atoms with van der Waals surface area (Å²) in [5.41, 5.74) is 2.51. The van der Waals surface area contributed by atoms with Gasteiger partial charge in [0, 0.05) is 26.1 Å². The van der Waals surface area contributed by atoms with Crippen LogP contribution in [0.1, 0.15) is 37.8 Å². The second kappa shape index (κ2) is 19.7. The van der Waals surface area contributed by atoms with Gasteiger partial charge in [0.05, 0.1) is 12.6 Å². The van der Waals surface area contributed by atoms with Crippen molar-refractivity contribution in [1.82, 2.24) is 9.80 Å². The molecule has 0 radical (unpaired) electrons. The minimum Gasteiger partial charge on any atom is -0.508 e. The number of carbonyl (C=O) groups excluding carboxylic acids is 2.